The van der Waals surface area contributed by atoms with Gasteiger partial charge < -0.3 is 10.2 Å². The molecule has 1 unspecified atom stereocenters. The van der Waals surface area contributed by atoms with E-state index in [1.54, 1.807) is 0 Å². The van der Waals surface area contributed by atoms with Crippen molar-refractivity contribution >= 4 is 0 Å². The predicted molar refractivity (Wildman–Crippen MR) is 55.8 cm³/mol. The lowest BCUT2D eigenvalue weighted by Crippen LogP contribution is -2.48. The van der Waals surface area contributed by atoms with E-state index in [0.29, 0.717) is 6.54 Å². The first-order valence-corrected chi connectivity index (χ1v) is 4.95. The number of halogens is 3. The summed E-state index contributed by atoms with van der Waals surface area (Å²) in [6, 6.07) is 1.26. The van der Waals surface area contributed by atoms with E-state index >= 15 is 0 Å². The van der Waals surface area contributed by atoms with Crippen LogP contribution in [0.1, 0.15) is 13.8 Å². The van der Waals surface area contributed by atoms with Gasteiger partial charge in [-0.3, -0.25) is 0 Å². The van der Waals surface area contributed by atoms with E-state index in [9.17, 15) is 13.2 Å². The number of likely N-dealkylation sites (N-methyl/N-ethyl adjacent to an activating group) is 1. The fourth-order valence-corrected chi connectivity index (χ4v) is 0.915. The highest BCUT2D eigenvalue weighted by Gasteiger charge is 2.39. The number of nitrogens with one attached hydrogen (secondary N) is 1. The van der Waals surface area contributed by atoms with Gasteiger partial charge in [-0.2, -0.15) is 18.4 Å². The van der Waals surface area contributed by atoms with E-state index in [2.05, 4.69) is 5.32 Å². The van der Waals surface area contributed by atoms with Crippen molar-refractivity contribution in [2.24, 2.45) is 5.92 Å². The fraction of sp³-hybridized carbons (Fsp3) is 0.900. The van der Waals surface area contributed by atoms with E-state index in [-0.39, 0.29) is 12.1 Å². The Morgan fingerprint density at radius 1 is 1.31 bits per heavy atom. The molecule has 0 aromatic heterocycles. The molecule has 0 aromatic rings. The molecule has 0 rings (SSSR count). The van der Waals surface area contributed by atoms with Crippen LogP contribution in [0.5, 0.6) is 0 Å². The van der Waals surface area contributed by atoms with Crippen LogP contribution < -0.4 is 5.32 Å². The van der Waals surface area contributed by atoms with Gasteiger partial charge >= 0.3 is 6.18 Å². The molecular formula is C10H18F3N3. The van der Waals surface area contributed by atoms with E-state index in [4.69, 9.17) is 5.26 Å². The molecule has 0 fully saturated rings. The molecule has 0 aliphatic carbocycles. The highest BCUT2D eigenvalue weighted by Crippen LogP contribution is 2.25. The van der Waals surface area contributed by atoms with E-state index in [1.807, 2.05) is 32.8 Å². The van der Waals surface area contributed by atoms with Gasteiger partial charge in [-0.05, 0) is 27.9 Å². The average Bonchev–Trinajstić information content (AvgIpc) is 2.10. The molecule has 0 radical (unpaired) electrons. The van der Waals surface area contributed by atoms with Crippen molar-refractivity contribution in [1.82, 2.24) is 10.2 Å². The van der Waals surface area contributed by atoms with Crippen LogP contribution >= 0.6 is 0 Å². The van der Waals surface area contributed by atoms with Crippen LogP contribution in [-0.2, 0) is 0 Å². The normalized spacial score (nSPS) is 14.9. The largest absolute Gasteiger partial charge is 0.405 e. The SMILES string of the molecule is CN(C)C(C)(C)CNCC(C#N)C(F)(F)F. The number of rotatable bonds is 5. The van der Waals surface area contributed by atoms with Gasteiger partial charge in [0.15, 0.2) is 5.92 Å². The number of hydrogen-bond acceptors (Lipinski definition) is 3. The highest BCUT2D eigenvalue weighted by molar-refractivity contribution is 4.91. The van der Waals surface area contributed by atoms with Crippen LogP contribution in [0.4, 0.5) is 13.2 Å². The maximum absolute atomic E-state index is 12.2. The third-order valence-electron chi connectivity index (χ3n) is 2.67. The summed E-state index contributed by atoms with van der Waals surface area (Å²) in [4.78, 5) is 1.91. The maximum Gasteiger partial charge on any atom is 0.405 e. The molecule has 94 valence electrons. The van der Waals surface area contributed by atoms with Gasteiger partial charge in [0.2, 0.25) is 0 Å². The molecular weight excluding hydrogens is 219 g/mol. The Hall–Kier alpha value is -0.800. The number of nitrogens with zero attached hydrogens (tertiary/aromatic N) is 2. The van der Waals surface area contributed by atoms with Crippen molar-refractivity contribution in [2.45, 2.75) is 25.6 Å². The molecule has 0 aliphatic rings. The fourth-order valence-electron chi connectivity index (χ4n) is 0.915. The molecule has 0 amide bonds. The lowest BCUT2D eigenvalue weighted by Gasteiger charge is -2.33. The molecule has 0 saturated carbocycles. The summed E-state index contributed by atoms with van der Waals surface area (Å²) in [5.74, 6) is -1.94. The molecule has 0 aliphatic heterocycles. The molecule has 0 bridgehead atoms. The van der Waals surface area contributed by atoms with Gasteiger partial charge in [-0.1, -0.05) is 0 Å². The topological polar surface area (TPSA) is 39.1 Å². The first kappa shape index (κ1) is 15.2. The van der Waals surface area contributed by atoms with E-state index < -0.39 is 12.1 Å². The van der Waals surface area contributed by atoms with Crippen molar-refractivity contribution in [3.05, 3.63) is 0 Å². The molecule has 3 nitrogen and oxygen atoms in total. The second-order valence-corrected chi connectivity index (χ2v) is 4.56. The summed E-state index contributed by atoms with van der Waals surface area (Å²) in [7, 11) is 3.71. The van der Waals surface area contributed by atoms with Crippen molar-refractivity contribution in [1.29, 1.82) is 5.26 Å². The Labute approximate surface area is 94.2 Å². The van der Waals surface area contributed by atoms with Gasteiger partial charge in [0.05, 0.1) is 6.07 Å². The minimum Gasteiger partial charge on any atom is -0.313 e. The molecule has 0 saturated heterocycles. The monoisotopic (exact) mass is 237 g/mol. The Morgan fingerprint density at radius 2 is 1.81 bits per heavy atom. The van der Waals surface area contributed by atoms with Crippen molar-refractivity contribution < 1.29 is 13.2 Å². The number of nitriles is 1. The minimum atomic E-state index is -4.45. The Kier molecular flexibility index (Phi) is 5.23. The van der Waals surface area contributed by atoms with Crippen LogP contribution in [0.15, 0.2) is 0 Å². The standard InChI is InChI=1S/C10H18F3N3/c1-9(2,16(3)4)7-15-6-8(5-14)10(11,12)13/h8,15H,6-7H2,1-4H3. The zero-order valence-electron chi connectivity index (χ0n) is 10.0. The Balaban J connectivity index is 4.13. The van der Waals surface area contributed by atoms with Gasteiger partial charge in [0.25, 0.3) is 0 Å². The van der Waals surface area contributed by atoms with E-state index in [0.717, 1.165) is 0 Å². The van der Waals surface area contributed by atoms with Crippen molar-refractivity contribution in [3.63, 3.8) is 0 Å². The zero-order chi connectivity index (χ0) is 13.0. The third kappa shape index (κ3) is 4.81. The average molecular weight is 237 g/mol. The van der Waals surface area contributed by atoms with Crippen LogP contribution in [0.3, 0.4) is 0 Å². The third-order valence-corrected chi connectivity index (χ3v) is 2.67. The predicted octanol–water partition coefficient (Wildman–Crippen LogP) is 1.62. The summed E-state index contributed by atoms with van der Waals surface area (Å²) in [6.45, 7) is 3.86. The Morgan fingerprint density at radius 3 is 2.12 bits per heavy atom. The van der Waals surface area contributed by atoms with Crippen LogP contribution in [0.25, 0.3) is 0 Å². The molecule has 0 spiro atoms. The first-order valence-electron chi connectivity index (χ1n) is 4.95. The highest BCUT2D eigenvalue weighted by atomic mass is 19.4. The van der Waals surface area contributed by atoms with E-state index in [1.165, 1.54) is 6.07 Å². The molecule has 6 heteroatoms. The summed E-state index contributed by atoms with van der Waals surface area (Å²) in [6.07, 6.45) is -4.45. The summed E-state index contributed by atoms with van der Waals surface area (Å²) in [5.41, 5.74) is -0.244. The first-order chi connectivity index (χ1) is 7.11. The minimum absolute atomic E-state index is 0.244. The lowest BCUT2D eigenvalue weighted by atomic mass is 10.0. The van der Waals surface area contributed by atoms with Crippen LogP contribution in [0, 0.1) is 17.2 Å². The molecule has 0 heterocycles. The molecule has 0 aromatic carbocycles. The Bertz CT molecular complexity index is 253. The maximum atomic E-state index is 12.2. The lowest BCUT2D eigenvalue weighted by molar-refractivity contribution is -0.157. The quantitative estimate of drug-likeness (QED) is 0.789. The van der Waals surface area contributed by atoms with Crippen LogP contribution in [0.2, 0.25) is 0 Å². The molecule has 1 N–H and O–H groups in total. The molecule has 1 atom stereocenters. The summed E-state index contributed by atoms with van der Waals surface area (Å²) in [5, 5.41) is 11.1. The second-order valence-electron chi connectivity index (χ2n) is 4.56. The van der Waals surface area contributed by atoms with Crippen molar-refractivity contribution in [2.75, 3.05) is 27.2 Å². The zero-order valence-corrected chi connectivity index (χ0v) is 10.0. The van der Waals surface area contributed by atoms with Crippen molar-refractivity contribution in [3.8, 4) is 6.07 Å². The second kappa shape index (κ2) is 5.51. The smallest absolute Gasteiger partial charge is 0.313 e. The van der Waals surface area contributed by atoms with Gasteiger partial charge in [-0.25, -0.2) is 0 Å². The summed E-state index contributed by atoms with van der Waals surface area (Å²) >= 11 is 0. The number of alkyl halides is 3. The van der Waals surface area contributed by atoms with Crippen LogP contribution in [-0.4, -0.2) is 43.8 Å². The van der Waals surface area contributed by atoms with Gasteiger partial charge in [0.1, 0.15) is 0 Å². The molecule has 16 heavy (non-hydrogen) atoms. The van der Waals surface area contributed by atoms with Gasteiger partial charge in [-0.15, -0.1) is 0 Å². The summed E-state index contributed by atoms with van der Waals surface area (Å²) < 4.78 is 36.7. The number of hydrogen-bond donors (Lipinski definition) is 1. The van der Waals surface area contributed by atoms with Gasteiger partial charge in [0, 0.05) is 18.6 Å².